The van der Waals surface area contributed by atoms with Gasteiger partial charge in [-0.25, -0.2) is 0 Å². The standard InChI is InChI=1S/C19H12/c1-2-7-16-13(4-1)10-15-9-8-12-5-3-6-14-11-17(16)19(15)18(12)14/h1-5,7-11H,6H2. The topological polar surface area (TPSA) is 0 Å². The smallest absolute Gasteiger partial charge is 0.00234 e. The lowest BCUT2D eigenvalue weighted by Gasteiger charge is -2.13. The average Bonchev–Trinajstić information content (AvgIpc) is 2.85. The molecule has 88 valence electrons. The number of fused-ring (bicyclic) bond motifs is 2. The second kappa shape index (κ2) is 3.16. The van der Waals surface area contributed by atoms with E-state index in [9.17, 15) is 0 Å². The molecule has 3 aromatic carbocycles. The first kappa shape index (κ1) is 9.57. The molecule has 0 saturated heterocycles. The molecule has 0 nitrogen and oxygen atoms in total. The van der Waals surface area contributed by atoms with E-state index in [-0.39, 0.29) is 0 Å². The van der Waals surface area contributed by atoms with Gasteiger partial charge in [-0.15, -0.1) is 0 Å². The monoisotopic (exact) mass is 240 g/mol. The molecule has 0 amide bonds. The zero-order valence-corrected chi connectivity index (χ0v) is 10.5. The van der Waals surface area contributed by atoms with Crippen LogP contribution in [0.1, 0.15) is 23.1 Å². The maximum absolute atomic E-state index is 2.40. The van der Waals surface area contributed by atoms with E-state index in [1.54, 1.807) is 0 Å². The van der Waals surface area contributed by atoms with Crippen LogP contribution < -0.4 is 0 Å². The molecule has 0 aromatic heterocycles. The quantitative estimate of drug-likeness (QED) is 0.470. The van der Waals surface area contributed by atoms with Gasteiger partial charge < -0.3 is 0 Å². The van der Waals surface area contributed by atoms with Gasteiger partial charge in [0.05, 0.1) is 0 Å². The third-order valence-corrected chi connectivity index (χ3v) is 4.38. The molecular formula is C19H12. The Hall–Kier alpha value is -2.34. The minimum absolute atomic E-state index is 1.06. The van der Waals surface area contributed by atoms with Gasteiger partial charge in [0, 0.05) is 0 Å². The highest BCUT2D eigenvalue weighted by Crippen LogP contribution is 2.45. The van der Waals surface area contributed by atoms with Crippen LogP contribution in [-0.2, 0) is 0 Å². The van der Waals surface area contributed by atoms with Crippen molar-refractivity contribution in [1.82, 2.24) is 0 Å². The van der Waals surface area contributed by atoms with Crippen molar-refractivity contribution in [3.63, 3.8) is 0 Å². The summed E-state index contributed by atoms with van der Waals surface area (Å²) in [5, 5.41) is 5.54. The van der Waals surface area contributed by atoms with E-state index >= 15 is 0 Å². The van der Waals surface area contributed by atoms with E-state index in [1.165, 1.54) is 43.8 Å². The van der Waals surface area contributed by atoms with Crippen molar-refractivity contribution in [2.24, 2.45) is 0 Å². The van der Waals surface area contributed by atoms with Crippen LogP contribution in [0.25, 0.3) is 39.3 Å². The Morgan fingerprint density at radius 3 is 2.84 bits per heavy atom. The number of hydrogen-bond donors (Lipinski definition) is 0. The molecule has 5 rings (SSSR count). The molecule has 0 N–H and O–H groups in total. The van der Waals surface area contributed by atoms with Gasteiger partial charge in [-0.3, -0.25) is 0 Å². The summed E-state index contributed by atoms with van der Waals surface area (Å²) in [5.74, 6) is 0. The van der Waals surface area contributed by atoms with Crippen molar-refractivity contribution in [1.29, 1.82) is 0 Å². The molecule has 0 unspecified atom stereocenters. The molecule has 0 bridgehead atoms. The molecule has 0 saturated carbocycles. The van der Waals surface area contributed by atoms with Gasteiger partial charge >= 0.3 is 0 Å². The van der Waals surface area contributed by atoms with Crippen molar-refractivity contribution in [3.8, 4) is 0 Å². The molecule has 3 aromatic rings. The summed E-state index contributed by atoms with van der Waals surface area (Å²) in [6.07, 6.45) is 7.99. The molecule has 0 aliphatic heterocycles. The zero-order chi connectivity index (χ0) is 12.4. The first-order chi connectivity index (χ1) is 9.42. The number of hydrogen-bond acceptors (Lipinski definition) is 0. The average molecular weight is 240 g/mol. The predicted octanol–water partition coefficient (Wildman–Crippen LogP) is 5.26. The maximum atomic E-state index is 2.40. The van der Waals surface area contributed by atoms with Crippen LogP contribution in [-0.4, -0.2) is 0 Å². The lowest BCUT2D eigenvalue weighted by molar-refractivity contribution is 1.40. The predicted molar refractivity (Wildman–Crippen MR) is 83.0 cm³/mol. The van der Waals surface area contributed by atoms with E-state index in [0.29, 0.717) is 0 Å². The molecular weight excluding hydrogens is 228 g/mol. The van der Waals surface area contributed by atoms with E-state index in [2.05, 4.69) is 60.7 Å². The fourth-order valence-corrected chi connectivity index (χ4v) is 3.57. The van der Waals surface area contributed by atoms with Crippen LogP contribution in [0.4, 0.5) is 0 Å². The van der Waals surface area contributed by atoms with Crippen LogP contribution in [0.3, 0.4) is 0 Å². The molecule has 0 radical (unpaired) electrons. The Labute approximate surface area is 111 Å². The summed E-state index contributed by atoms with van der Waals surface area (Å²) < 4.78 is 0. The molecule has 19 heavy (non-hydrogen) atoms. The van der Waals surface area contributed by atoms with Gasteiger partial charge in [-0.05, 0) is 62.4 Å². The number of rotatable bonds is 0. The van der Waals surface area contributed by atoms with Crippen molar-refractivity contribution >= 4 is 39.3 Å². The first-order valence-electron chi connectivity index (χ1n) is 6.78. The Balaban J connectivity index is 2.11. The molecule has 0 heteroatoms. The van der Waals surface area contributed by atoms with E-state index in [0.717, 1.165) is 6.42 Å². The highest BCUT2D eigenvalue weighted by atomic mass is 14.3. The first-order valence-corrected chi connectivity index (χ1v) is 6.78. The van der Waals surface area contributed by atoms with E-state index in [4.69, 9.17) is 0 Å². The van der Waals surface area contributed by atoms with Crippen LogP contribution in [0.2, 0.25) is 0 Å². The van der Waals surface area contributed by atoms with Crippen LogP contribution in [0, 0.1) is 0 Å². The van der Waals surface area contributed by atoms with E-state index < -0.39 is 0 Å². The van der Waals surface area contributed by atoms with Gasteiger partial charge in [-0.1, -0.05) is 48.6 Å². The zero-order valence-electron chi connectivity index (χ0n) is 10.5. The Morgan fingerprint density at radius 2 is 1.84 bits per heavy atom. The minimum atomic E-state index is 1.06. The van der Waals surface area contributed by atoms with E-state index in [1.807, 2.05) is 0 Å². The Morgan fingerprint density at radius 1 is 0.895 bits per heavy atom. The second-order valence-electron chi connectivity index (χ2n) is 5.42. The number of benzene rings is 3. The minimum Gasteiger partial charge on any atom is -0.0795 e. The normalized spacial score (nSPS) is 15.3. The van der Waals surface area contributed by atoms with Crippen molar-refractivity contribution in [3.05, 3.63) is 65.2 Å². The fourth-order valence-electron chi connectivity index (χ4n) is 3.57. The molecule has 2 aliphatic carbocycles. The third kappa shape index (κ3) is 1.09. The van der Waals surface area contributed by atoms with Gasteiger partial charge in [0.15, 0.2) is 0 Å². The molecule has 0 spiro atoms. The Kier molecular flexibility index (Phi) is 1.59. The highest BCUT2D eigenvalue weighted by Gasteiger charge is 2.22. The summed E-state index contributed by atoms with van der Waals surface area (Å²) in [4.78, 5) is 0. The van der Waals surface area contributed by atoms with Gasteiger partial charge in [0.25, 0.3) is 0 Å². The third-order valence-electron chi connectivity index (χ3n) is 4.38. The second-order valence-corrected chi connectivity index (χ2v) is 5.42. The molecule has 0 atom stereocenters. The highest BCUT2D eigenvalue weighted by molar-refractivity contribution is 6.19. The lowest BCUT2D eigenvalue weighted by Crippen LogP contribution is -1.91. The maximum Gasteiger partial charge on any atom is -0.00234 e. The van der Waals surface area contributed by atoms with Gasteiger partial charge in [0.2, 0.25) is 0 Å². The summed E-state index contributed by atoms with van der Waals surface area (Å²) >= 11 is 0. The van der Waals surface area contributed by atoms with Gasteiger partial charge in [0.1, 0.15) is 0 Å². The van der Waals surface area contributed by atoms with Crippen LogP contribution in [0.15, 0.2) is 48.5 Å². The fraction of sp³-hybridized carbons (Fsp3) is 0.0526. The molecule has 0 fully saturated rings. The number of allylic oxidation sites excluding steroid dienone is 2. The Bertz CT molecular complexity index is 924. The van der Waals surface area contributed by atoms with Crippen molar-refractivity contribution in [2.45, 2.75) is 6.42 Å². The largest absolute Gasteiger partial charge is 0.0795 e. The van der Waals surface area contributed by atoms with Crippen LogP contribution >= 0.6 is 0 Å². The molecule has 2 aliphatic rings. The summed E-state index contributed by atoms with van der Waals surface area (Å²) in [6, 6.07) is 15.5. The van der Waals surface area contributed by atoms with Gasteiger partial charge in [-0.2, -0.15) is 0 Å². The van der Waals surface area contributed by atoms with Crippen molar-refractivity contribution in [2.75, 3.05) is 0 Å². The summed E-state index contributed by atoms with van der Waals surface area (Å²) in [7, 11) is 0. The lowest BCUT2D eigenvalue weighted by atomic mass is 9.90. The van der Waals surface area contributed by atoms with Crippen molar-refractivity contribution < 1.29 is 0 Å². The van der Waals surface area contributed by atoms with Crippen LogP contribution in [0.5, 0.6) is 0 Å². The summed E-state index contributed by atoms with van der Waals surface area (Å²) in [6.45, 7) is 0. The SMILES string of the molecule is C1=Cc2ccc3cc4ccccc4c4c3c2C(=C4)C1. The molecule has 0 heterocycles. The summed E-state index contributed by atoms with van der Waals surface area (Å²) in [5.41, 5.74) is 5.75.